The van der Waals surface area contributed by atoms with Gasteiger partial charge in [-0.15, -0.1) is 0 Å². The summed E-state index contributed by atoms with van der Waals surface area (Å²) in [6, 6.07) is 24.7. The molecule has 10 aliphatic rings. The van der Waals surface area contributed by atoms with Gasteiger partial charge in [0.15, 0.2) is 0 Å². The van der Waals surface area contributed by atoms with E-state index in [1.807, 2.05) is 0 Å². The van der Waals surface area contributed by atoms with E-state index in [9.17, 15) is 0 Å². The number of rotatable bonds is 3. The van der Waals surface area contributed by atoms with Crippen molar-refractivity contribution in [3.8, 4) is 28.7 Å². The van der Waals surface area contributed by atoms with Gasteiger partial charge in [-0.1, -0.05) is 0 Å². The first-order valence-electron chi connectivity index (χ1n) is 14.3. The topological polar surface area (TPSA) is 35.4 Å². The van der Waals surface area contributed by atoms with Crippen LogP contribution in [0, 0.1) is 0 Å². The molecule has 2 bridgehead atoms. The molecule has 4 aromatic carbocycles. The molecule has 11 heterocycles. The van der Waals surface area contributed by atoms with Crippen molar-refractivity contribution in [2.75, 3.05) is 0 Å². The molecule has 1 spiro atoms. The van der Waals surface area contributed by atoms with E-state index in [0.717, 1.165) is 54.1 Å². The molecular weight excluding hydrogens is 508 g/mol. The van der Waals surface area contributed by atoms with Crippen molar-refractivity contribution >= 4 is 115 Å². The predicted octanol–water partition coefficient (Wildman–Crippen LogP) is 1.18. The fourth-order valence-electron chi connectivity index (χ4n) is 10.6. The second-order valence-electron chi connectivity index (χ2n) is 13.7. The number of aromatic nitrogens is 1. The van der Waals surface area contributed by atoms with Gasteiger partial charge in [-0.3, -0.25) is 0 Å². The van der Waals surface area contributed by atoms with Crippen molar-refractivity contribution in [1.29, 1.82) is 0 Å². The molecular formula is C24H12B9N2O2P2-2. The molecule has 39 heavy (non-hydrogen) atoms. The van der Waals surface area contributed by atoms with E-state index in [0.29, 0.717) is 0 Å². The zero-order chi connectivity index (χ0) is 24.5. The molecule has 5 aromatic rings. The number of nitrogens with one attached hydrogen (secondary N) is 1. The summed E-state index contributed by atoms with van der Waals surface area (Å²) in [5, 5.41) is 4.15. The van der Waals surface area contributed by atoms with Crippen molar-refractivity contribution in [1.82, 2.24) is 9.42 Å². The Bertz CT molecular complexity index is 2240. The van der Waals surface area contributed by atoms with Gasteiger partial charge in [0, 0.05) is 0 Å². The van der Waals surface area contributed by atoms with Crippen LogP contribution in [0.1, 0.15) is 0 Å². The first-order chi connectivity index (χ1) is 19.2. The summed E-state index contributed by atoms with van der Waals surface area (Å²) in [5.74, 6) is 4.14. The van der Waals surface area contributed by atoms with Crippen LogP contribution in [0.25, 0.3) is 27.5 Å². The Hall–Kier alpha value is -2.32. The third-order valence-electron chi connectivity index (χ3n) is 12.8. The van der Waals surface area contributed by atoms with Crippen molar-refractivity contribution < 1.29 is 9.47 Å². The quantitative estimate of drug-likeness (QED) is 0.281. The van der Waals surface area contributed by atoms with Gasteiger partial charge in [0.05, 0.1) is 0 Å². The van der Waals surface area contributed by atoms with Gasteiger partial charge >= 0.3 is 229 Å². The summed E-state index contributed by atoms with van der Waals surface area (Å²) in [7, 11) is 2.66. The molecule has 1 aromatic heterocycles. The zero-order valence-electron chi connectivity index (χ0n) is 20.7. The summed E-state index contributed by atoms with van der Waals surface area (Å²) < 4.78 is 16.4. The summed E-state index contributed by atoms with van der Waals surface area (Å²) in [6.45, 7) is 5.58. The van der Waals surface area contributed by atoms with E-state index >= 15 is 0 Å². The maximum atomic E-state index is 7.16. The Kier molecular flexibility index (Phi) is 2.32. The van der Waals surface area contributed by atoms with Crippen LogP contribution in [0.4, 0.5) is 0 Å². The molecule has 0 amide bonds. The monoisotopic (exact) mass is 521 g/mol. The molecule has 5 radical (unpaired) electrons. The molecule has 169 valence electrons. The van der Waals surface area contributed by atoms with Gasteiger partial charge in [0.25, 0.3) is 0 Å². The molecule has 15 rings (SSSR count). The molecule has 4 nitrogen and oxygen atoms in total. The number of hydrogen-bond donors (Lipinski definition) is 1. The summed E-state index contributed by atoms with van der Waals surface area (Å²) >= 11 is 0. The number of ether oxygens (including phenoxy) is 2. The maximum absolute atomic E-state index is 7.16. The van der Waals surface area contributed by atoms with Gasteiger partial charge in [-0.25, -0.2) is 0 Å². The molecule has 0 aliphatic carbocycles. The fourth-order valence-corrected chi connectivity index (χ4v) is 29.9. The number of fused-ring (bicyclic) bond motifs is 5. The average Bonchev–Trinajstić information content (AvgIpc) is 3.90. The minimum absolute atomic E-state index is 0.144. The van der Waals surface area contributed by atoms with Crippen LogP contribution in [0.3, 0.4) is 0 Å². The minimum atomic E-state index is -2.13. The van der Waals surface area contributed by atoms with Crippen LogP contribution in [0.5, 0.6) is 23.0 Å². The van der Waals surface area contributed by atoms with Crippen LogP contribution < -0.4 is 36.0 Å². The van der Waals surface area contributed by atoms with Crippen LogP contribution in [0.15, 0.2) is 66.7 Å². The normalized spacial score (nSPS) is 27.3. The Morgan fingerprint density at radius 1 is 0.795 bits per heavy atom. The Morgan fingerprint density at radius 2 is 1.62 bits per heavy atom. The van der Waals surface area contributed by atoms with Crippen molar-refractivity contribution in [2.24, 2.45) is 0 Å². The first-order valence-corrected chi connectivity index (χ1v) is 19.3. The average molecular weight is 520 g/mol. The predicted molar refractivity (Wildman–Crippen MR) is 175 cm³/mol. The zero-order valence-corrected chi connectivity index (χ0v) is 22.5. The summed E-state index contributed by atoms with van der Waals surface area (Å²) in [6.07, 6.45) is 0.572. The molecule has 7 saturated heterocycles. The van der Waals surface area contributed by atoms with E-state index in [-0.39, 0.29) is 6.71 Å². The summed E-state index contributed by atoms with van der Waals surface area (Å²) in [5.41, 5.74) is 7.70. The molecule has 0 saturated carbocycles. The molecule has 0 atom stereocenters. The number of benzene rings is 4. The SMILES string of the molecule is [B]1B2B3[B-]P123NP12(c3ccc4c5c3Oc3ccc6c7ccccc7n7c6c3B5c3c(cccc3-7)O4)B3[B-]B1B32. The fraction of sp³-hybridized carbons (Fsp3) is 0. The van der Waals surface area contributed by atoms with Gasteiger partial charge in [-0.2, -0.15) is 0 Å². The third kappa shape index (κ3) is 1.46. The molecule has 7 fully saturated rings. The van der Waals surface area contributed by atoms with E-state index in [4.69, 9.17) is 9.47 Å². The van der Waals surface area contributed by atoms with Crippen LogP contribution >= 0.6 is 12.7 Å². The number of hydrogen-bond acceptors (Lipinski definition) is 3. The van der Waals surface area contributed by atoms with E-state index in [2.05, 4.69) is 97.0 Å². The second-order valence-corrected chi connectivity index (χ2v) is 24.0. The molecule has 1 N–H and O–H groups in total. The molecule has 0 unspecified atom stereocenters. The van der Waals surface area contributed by atoms with Gasteiger partial charge in [0.1, 0.15) is 0 Å². The number of para-hydroxylation sites is 1. The van der Waals surface area contributed by atoms with Crippen molar-refractivity contribution in [2.45, 2.75) is 0 Å². The first kappa shape index (κ1) is 18.9. The molecule has 10 aliphatic heterocycles. The van der Waals surface area contributed by atoms with E-state index in [1.165, 1.54) is 43.9 Å². The van der Waals surface area contributed by atoms with Gasteiger partial charge < -0.3 is 0 Å². The third-order valence-corrected chi connectivity index (χ3v) is 27.2. The Labute approximate surface area is 228 Å². The summed E-state index contributed by atoms with van der Waals surface area (Å²) in [4.78, 5) is 4.62. The van der Waals surface area contributed by atoms with Crippen LogP contribution in [-0.2, 0) is 0 Å². The van der Waals surface area contributed by atoms with Crippen LogP contribution in [-0.4, -0.2) is 63.2 Å². The Morgan fingerprint density at radius 3 is 2.41 bits per heavy atom. The van der Waals surface area contributed by atoms with Gasteiger partial charge in [-0.05, 0) is 0 Å². The second kappa shape index (κ2) is 4.79. The van der Waals surface area contributed by atoms with E-state index < -0.39 is 12.7 Å². The van der Waals surface area contributed by atoms with E-state index in [1.54, 1.807) is 5.30 Å². The van der Waals surface area contributed by atoms with Crippen molar-refractivity contribution in [3.63, 3.8) is 0 Å². The van der Waals surface area contributed by atoms with Gasteiger partial charge in [0.2, 0.25) is 0 Å². The standard InChI is InChI=1S/C24H12B9N2O2P2/c1-2-5-14-12(4-1)13-8-9-17-21-23(13)35(14)15-6-3-7-16-20(15)28(21)22-18(36-16)10-11-19(24(22)37-17)38(29-25-30(38)33(29)38)34-39-26-31(39)32(39)27-39/h1-11,34H/q-2. The molecule has 15 heteroatoms. The number of nitrogens with zero attached hydrogens (tertiary/aromatic N) is 1. The van der Waals surface area contributed by atoms with Crippen LogP contribution in [0.2, 0.25) is 0 Å². The van der Waals surface area contributed by atoms with Crippen molar-refractivity contribution in [3.05, 3.63) is 66.7 Å². The Balaban J connectivity index is 1.12.